The molecule has 5 heterocycles. The first kappa shape index (κ1) is 34.8. The Bertz CT molecular complexity index is 1870. The van der Waals surface area contributed by atoms with E-state index in [9.17, 15) is 9.90 Å². The number of halogens is 1. The molecule has 1 fully saturated rings. The van der Waals surface area contributed by atoms with Crippen LogP contribution in [0.5, 0.6) is 5.75 Å². The largest absolute Gasteiger partial charge is 0.490 e. The lowest BCUT2D eigenvalue weighted by Gasteiger charge is -2.29. The number of methoxy groups -OCH3 is 1. The van der Waals surface area contributed by atoms with E-state index >= 15 is 4.39 Å². The van der Waals surface area contributed by atoms with Gasteiger partial charge < -0.3 is 28.8 Å². The second-order valence-corrected chi connectivity index (χ2v) is 14.1. The normalized spacial score (nSPS) is 16.4. The minimum absolute atomic E-state index is 0.283. The summed E-state index contributed by atoms with van der Waals surface area (Å²) < 4.78 is 35.1. The van der Waals surface area contributed by atoms with E-state index in [0.717, 1.165) is 79.2 Å². The van der Waals surface area contributed by atoms with Gasteiger partial charge in [0.15, 0.2) is 17.7 Å². The van der Waals surface area contributed by atoms with Crippen molar-refractivity contribution in [3.8, 4) is 28.1 Å². The molecule has 1 unspecified atom stereocenters. The van der Waals surface area contributed by atoms with Crippen LogP contribution in [0.25, 0.3) is 33.4 Å². The highest BCUT2D eigenvalue weighted by molar-refractivity contribution is 6.01. The number of aryl methyl sites for hydroxylation is 2. The molecule has 0 saturated carbocycles. The van der Waals surface area contributed by atoms with Crippen LogP contribution in [0, 0.1) is 19.7 Å². The number of carboxylic acids is 1. The Morgan fingerprint density at radius 1 is 1.12 bits per heavy atom. The third-order valence-corrected chi connectivity index (χ3v) is 9.63. The first-order valence-corrected chi connectivity index (χ1v) is 17.2. The monoisotopic (exact) mass is 673 g/mol. The molecular formula is C38H48FN5O5. The predicted octanol–water partition coefficient (Wildman–Crippen LogP) is 6.48. The number of ether oxygens (including phenoxy) is 3. The lowest BCUT2D eigenvalue weighted by atomic mass is 9.86. The summed E-state index contributed by atoms with van der Waals surface area (Å²) in [6.45, 7) is 15.1. The molecule has 6 rings (SSSR count). The Hall–Kier alpha value is -4.06. The summed E-state index contributed by atoms with van der Waals surface area (Å²) in [5, 5.41) is 11.3. The zero-order valence-corrected chi connectivity index (χ0v) is 29.7. The van der Waals surface area contributed by atoms with Crippen molar-refractivity contribution >= 4 is 22.8 Å². The van der Waals surface area contributed by atoms with Crippen molar-refractivity contribution < 1.29 is 28.5 Å². The average molecular weight is 674 g/mol. The fourth-order valence-corrected chi connectivity index (χ4v) is 7.24. The first-order chi connectivity index (χ1) is 23.4. The van der Waals surface area contributed by atoms with Gasteiger partial charge in [0.25, 0.3) is 0 Å². The SMILES string of the molecule is COCCN1CCCN(c2cc(-c3cc4c(-c5cc(F)c6c(c5C)CCCO6)c(C(OC(C)(C)C)C(=O)O)c(C)nc4n3C)ccn2)CC1. The standard InChI is InChI=1S/C38H48FN5O5/c1-23-26-10-8-18-48-34(26)29(39)21-27(23)33-28-22-30(42(6)36(28)41-24(2)32(33)35(37(45)46)49-38(3,4)5)25-11-12-40-31(20-25)44-14-9-13-43(15-16-44)17-19-47-7/h11-12,20-22,35H,8-10,13-19H2,1-7H3,(H,45,46). The minimum Gasteiger partial charge on any atom is -0.490 e. The molecule has 49 heavy (non-hydrogen) atoms. The van der Waals surface area contributed by atoms with Gasteiger partial charge in [-0.2, -0.15) is 0 Å². The van der Waals surface area contributed by atoms with E-state index in [-0.39, 0.29) is 5.75 Å². The van der Waals surface area contributed by atoms with E-state index in [0.29, 0.717) is 47.7 Å². The molecule has 0 radical (unpaired) electrons. The maximum Gasteiger partial charge on any atom is 0.337 e. The third kappa shape index (κ3) is 7.02. The van der Waals surface area contributed by atoms with Gasteiger partial charge in [-0.15, -0.1) is 0 Å². The number of carbonyl (C=O) groups is 1. The Kier molecular flexibility index (Phi) is 9.97. The maximum atomic E-state index is 15.8. The number of benzene rings is 1. The molecule has 262 valence electrons. The lowest BCUT2D eigenvalue weighted by Crippen LogP contribution is -2.33. The summed E-state index contributed by atoms with van der Waals surface area (Å²) in [5.41, 5.74) is 5.59. The number of fused-ring (bicyclic) bond motifs is 2. The highest BCUT2D eigenvalue weighted by Crippen LogP contribution is 2.45. The van der Waals surface area contributed by atoms with E-state index in [1.165, 1.54) is 6.07 Å². The van der Waals surface area contributed by atoms with Gasteiger partial charge in [-0.3, -0.25) is 4.90 Å². The lowest BCUT2D eigenvalue weighted by molar-refractivity contribution is -0.160. The second kappa shape index (κ2) is 14.0. The molecule has 2 aliphatic rings. The molecule has 11 heteroatoms. The highest BCUT2D eigenvalue weighted by atomic mass is 19.1. The smallest absolute Gasteiger partial charge is 0.337 e. The molecule has 10 nitrogen and oxygen atoms in total. The van der Waals surface area contributed by atoms with Gasteiger partial charge in [0, 0.05) is 79.9 Å². The summed E-state index contributed by atoms with van der Waals surface area (Å²) in [6.07, 6.45) is 2.99. The summed E-state index contributed by atoms with van der Waals surface area (Å²) in [7, 11) is 3.69. The van der Waals surface area contributed by atoms with Gasteiger partial charge in [0.2, 0.25) is 0 Å². The van der Waals surface area contributed by atoms with Gasteiger partial charge in [-0.1, -0.05) is 0 Å². The Morgan fingerprint density at radius 3 is 2.65 bits per heavy atom. The van der Waals surface area contributed by atoms with Crippen molar-refractivity contribution in [2.45, 2.75) is 65.6 Å². The van der Waals surface area contributed by atoms with Crippen LogP contribution in [0.15, 0.2) is 30.5 Å². The minimum atomic E-state index is -1.33. The second-order valence-electron chi connectivity index (χ2n) is 14.1. The fraction of sp³-hybridized carbons (Fsp3) is 0.500. The first-order valence-electron chi connectivity index (χ1n) is 17.2. The third-order valence-electron chi connectivity index (χ3n) is 9.63. The number of aromatic nitrogens is 3. The zero-order chi connectivity index (χ0) is 35.0. The molecule has 0 spiro atoms. The van der Waals surface area contributed by atoms with Crippen LogP contribution in [0.4, 0.5) is 10.2 Å². The summed E-state index contributed by atoms with van der Waals surface area (Å²) in [4.78, 5) is 27.4. The van der Waals surface area contributed by atoms with Gasteiger partial charge in [-0.25, -0.2) is 19.2 Å². The van der Waals surface area contributed by atoms with Crippen molar-refractivity contribution in [3.05, 3.63) is 58.7 Å². The number of anilines is 1. The number of rotatable bonds is 9. The topological polar surface area (TPSA) is 102 Å². The molecule has 1 aromatic carbocycles. The van der Waals surface area contributed by atoms with E-state index in [2.05, 4.69) is 15.9 Å². The van der Waals surface area contributed by atoms with E-state index in [1.807, 2.05) is 57.6 Å². The zero-order valence-electron chi connectivity index (χ0n) is 29.7. The number of pyridine rings is 2. The molecular weight excluding hydrogens is 625 g/mol. The maximum absolute atomic E-state index is 15.8. The molecule has 1 saturated heterocycles. The molecule has 2 aliphatic heterocycles. The number of nitrogens with zero attached hydrogens (tertiary/aromatic N) is 5. The van der Waals surface area contributed by atoms with Crippen molar-refractivity contribution in [1.82, 2.24) is 19.4 Å². The van der Waals surface area contributed by atoms with E-state index < -0.39 is 23.5 Å². The molecule has 3 aromatic heterocycles. The summed E-state index contributed by atoms with van der Waals surface area (Å²) in [6, 6.07) is 7.62. The van der Waals surface area contributed by atoms with Crippen molar-refractivity contribution in [2.75, 3.05) is 57.9 Å². The van der Waals surface area contributed by atoms with Crippen LogP contribution < -0.4 is 9.64 Å². The van der Waals surface area contributed by atoms with Gasteiger partial charge >= 0.3 is 5.97 Å². The van der Waals surface area contributed by atoms with Crippen molar-refractivity contribution in [3.63, 3.8) is 0 Å². The average Bonchev–Trinajstić information content (AvgIpc) is 3.22. The number of hydrogen-bond donors (Lipinski definition) is 1. The highest BCUT2D eigenvalue weighted by Gasteiger charge is 2.34. The molecule has 1 atom stereocenters. The number of hydrogen-bond acceptors (Lipinski definition) is 8. The van der Waals surface area contributed by atoms with Gasteiger partial charge in [0.1, 0.15) is 11.5 Å². The molecule has 1 N–H and O–H groups in total. The van der Waals surface area contributed by atoms with Crippen LogP contribution >= 0.6 is 0 Å². The quantitative estimate of drug-likeness (QED) is 0.214. The molecule has 0 amide bonds. The van der Waals surface area contributed by atoms with Crippen LogP contribution in [-0.2, 0) is 27.7 Å². The van der Waals surface area contributed by atoms with E-state index in [1.54, 1.807) is 14.0 Å². The van der Waals surface area contributed by atoms with Crippen molar-refractivity contribution in [2.24, 2.45) is 7.05 Å². The number of carboxylic acid groups (broad SMARTS) is 1. The Morgan fingerprint density at radius 2 is 1.92 bits per heavy atom. The summed E-state index contributed by atoms with van der Waals surface area (Å²) in [5.74, 6) is -0.405. The molecule has 4 aromatic rings. The van der Waals surface area contributed by atoms with Crippen LogP contribution in [0.2, 0.25) is 0 Å². The van der Waals surface area contributed by atoms with Crippen molar-refractivity contribution in [1.29, 1.82) is 0 Å². The Balaban J connectivity index is 1.53. The fourth-order valence-electron chi connectivity index (χ4n) is 7.24. The summed E-state index contributed by atoms with van der Waals surface area (Å²) >= 11 is 0. The predicted molar refractivity (Wildman–Crippen MR) is 189 cm³/mol. The number of aliphatic carboxylic acids is 1. The molecule has 0 aliphatic carbocycles. The Labute approximate surface area is 287 Å². The van der Waals surface area contributed by atoms with Crippen LogP contribution in [0.3, 0.4) is 0 Å². The van der Waals surface area contributed by atoms with Gasteiger partial charge in [-0.05, 0) is 95.8 Å². The van der Waals surface area contributed by atoms with Gasteiger partial charge in [0.05, 0.1) is 24.5 Å². The van der Waals surface area contributed by atoms with Crippen LogP contribution in [-0.4, -0.2) is 89.2 Å². The molecule has 0 bridgehead atoms. The van der Waals surface area contributed by atoms with E-state index in [4.69, 9.17) is 24.2 Å². The van der Waals surface area contributed by atoms with Crippen LogP contribution in [0.1, 0.15) is 62.1 Å².